The molecule has 0 aliphatic heterocycles. The summed E-state index contributed by atoms with van der Waals surface area (Å²) in [6.45, 7) is 3.12. The van der Waals surface area contributed by atoms with Crippen molar-refractivity contribution in [2.24, 2.45) is 0 Å². The summed E-state index contributed by atoms with van der Waals surface area (Å²) in [4.78, 5) is 16.4. The van der Waals surface area contributed by atoms with Crippen molar-refractivity contribution >= 4 is 17.4 Å². The zero-order chi connectivity index (χ0) is 16.5. The molecule has 23 heavy (non-hydrogen) atoms. The van der Waals surface area contributed by atoms with E-state index in [1.54, 1.807) is 43.6 Å². The summed E-state index contributed by atoms with van der Waals surface area (Å²) in [5.74, 6) is 0.967. The predicted octanol–water partition coefficient (Wildman–Crippen LogP) is 3.94. The molecule has 1 aromatic carbocycles. The first-order valence-electron chi connectivity index (χ1n) is 7.88. The maximum absolute atomic E-state index is 12.2. The lowest BCUT2D eigenvalue weighted by atomic mass is 10.2. The summed E-state index contributed by atoms with van der Waals surface area (Å²) >= 11 is 0. The molecule has 5 heteroatoms. The van der Waals surface area contributed by atoms with Gasteiger partial charge in [0.2, 0.25) is 0 Å². The predicted molar refractivity (Wildman–Crippen MR) is 93.2 cm³/mol. The van der Waals surface area contributed by atoms with Crippen molar-refractivity contribution in [3.8, 4) is 5.75 Å². The molecule has 1 aromatic heterocycles. The number of carbonyl (C=O) groups is 1. The fourth-order valence-corrected chi connectivity index (χ4v) is 2.13. The third kappa shape index (κ3) is 5.29. The molecule has 0 unspecified atom stereocenters. The van der Waals surface area contributed by atoms with E-state index in [1.807, 2.05) is 6.07 Å². The van der Waals surface area contributed by atoms with Crippen LogP contribution in [0.15, 0.2) is 42.6 Å². The van der Waals surface area contributed by atoms with Crippen molar-refractivity contribution in [1.29, 1.82) is 0 Å². The van der Waals surface area contributed by atoms with E-state index in [9.17, 15) is 4.79 Å². The van der Waals surface area contributed by atoms with Crippen LogP contribution < -0.4 is 15.4 Å². The van der Waals surface area contributed by atoms with Crippen molar-refractivity contribution in [3.63, 3.8) is 0 Å². The van der Waals surface area contributed by atoms with Crippen molar-refractivity contribution in [2.75, 3.05) is 24.3 Å². The minimum absolute atomic E-state index is 0.208. The first-order valence-corrected chi connectivity index (χ1v) is 7.88. The lowest BCUT2D eigenvalue weighted by molar-refractivity contribution is 0.102. The number of aromatic nitrogens is 1. The second-order valence-electron chi connectivity index (χ2n) is 5.25. The number of rotatable bonds is 8. The molecule has 0 aliphatic rings. The van der Waals surface area contributed by atoms with E-state index in [-0.39, 0.29) is 5.91 Å². The Morgan fingerprint density at radius 2 is 2.09 bits per heavy atom. The number of methoxy groups -OCH3 is 1. The number of amides is 1. The van der Waals surface area contributed by atoms with Crippen LogP contribution in [-0.2, 0) is 0 Å². The molecule has 2 rings (SSSR count). The molecule has 0 saturated heterocycles. The molecule has 0 fully saturated rings. The van der Waals surface area contributed by atoms with Crippen molar-refractivity contribution in [1.82, 2.24) is 4.98 Å². The Morgan fingerprint density at radius 1 is 1.22 bits per heavy atom. The SMILES string of the molecule is CCCCCNc1ccc(NC(=O)c2cccc(OC)c2)nc1. The third-order valence-corrected chi connectivity index (χ3v) is 3.45. The van der Waals surface area contributed by atoms with E-state index in [0.717, 1.165) is 18.7 Å². The van der Waals surface area contributed by atoms with Gasteiger partial charge in [-0.1, -0.05) is 25.8 Å². The summed E-state index contributed by atoms with van der Waals surface area (Å²) in [5.41, 5.74) is 1.49. The molecule has 0 bridgehead atoms. The highest BCUT2D eigenvalue weighted by Crippen LogP contribution is 2.15. The number of carbonyl (C=O) groups excluding carboxylic acids is 1. The molecule has 0 atom stereocenters. The number of ether oxygens (including phenoxy) is 1. The minimum atomic E-state index is -0.208. The maximum Gasteiger partial charge on any atom is 0.256 e. The van der Waals surface area contributed by atoms with Gasteiger partial charge in [0.15, 0.2) is 0 Å². The number of pyridine rings is 1. The van der Waals surface area contributed by atoms with Crippen LogP contribution in [0.5, 0.6) is 5.75 Å². The van der Waals surface area contributed by atoms with Crippen LogP contribution in [0, 0.1) is 0 Å². The average Bonchev–Trinajstić information content (AvgIpc) is 2.60. The van der Waals surface area contributed by atoms with Crippen LogP contribution >= 0.6 is 0 Å². The second kappa shape index (κ2) is 8.78. The Balaban J connectivity index is 1.90. The van der Waals surface area contributed by atoms with Gasteiger partial charge in [-0.05, 0) is 36.8 Å². The number of nitrogens with one attached hydrogen (secondary N) is 2. The zero-order valence-corrected chi connectivity index (χ0v) is 13.6. The highest BCUT2D eigenvalue weighted by molar-refractivity contribution is 6.04. The molecule has 2 N–H and O–H groups in total. The Morgan fingerprint density at radius 3 is 2.78 bits per heavy atom. The van der Waals surface area contributed by atoms with Gasteiger partial charge in [-0.3, -0.25) is 4.79 Å². The van der Waals surface area contributed by atoms with Gasteiger partial charge in [0.05, 0.1) is 19.0 Å². The van der Waals surface area contributed by atoms with Crippen LogP contribution in [-0.4, -0.2) is 24.5 Å². The van der Waals surface area contributed by atoms with Crippen molar-refractivity contribution in [3.05, 3.63) is 48.2 Å². The van der Waals surface area contributed by atoms with Gasteiger partial charge in [0.1, 0.15) is 11.6 Å². The Bertz CT molecular complexity index is 626. The summed E-state index contributed by atoms with van der Waals surface area (Å²) in [5, 5.41) is 6.09. The number of anilines is 2. The highest BCUT2D eigenvalue weighted by Gasteiger charge is 2.07. The van der Waals surface area contributed by atoms with Gasteiger partial charge in [0.25, 0.3) is 5.91 Å². The zero-order valence-electron chi connectivity index (χ0n) is 13.6. The van der Waals surface area contributed by atoms with Gasteiger partial charge in [-0.25, -0.2) is 4.98 Å². The average molecular weight is 313 g/mol. The van der Waals surface area contributed by atoms with E-state index < -0.39 is 0 Å². The standard InChI is InChI=1S/C18H23N3O2/c1-3-4-5-11-19-15-9-10-17(20-13-15)21-18(22)14-7-6-8-16(12-14)23-2/h6-10,12-13,19H,3-5,11H2,1-2H3,(H,20,21,22). The molecule has 1 amide bonds. The molecule has 1 heterocycles. The van der Waals surface area contributed by atoms with Crippen molar-refractivity contribution < 1.29 is 9.53 Å². The lowest BCUT2D eigenvalue weighted by Gasteiger charge is -2.08. The number of hydrogen-bond donors (Lipinski definition) is 2. The van der Waals surface area contributed by atoms with Crippen LogP contribution in [0.4, 0.5) is 11.5 Å². The maximum atomic E-state index is 12.2. The summed E-state index contributed by atoms with van der Waals surface area (Å²) in [6.07, 6.45) is 5.29. The quantitative estimate of drug-likeness (QED) is 0.724. The van der Waals surface area contributed by atoms with Crippen LogP contribution in [0.25, 0.3) is 0 Å². The molecular formula is C18H23N3O2. The van der Waals surface area contributed by atoms with E-state index in [1.165, 1.54) is 12.8 Å². The normalized spacial score (nSPS) is 10.2. The third-order valence-electron chi connectivity index (χ3n) is 3.45. The smallest absolute Gasteiger partial charge is 0.256 e. The molecule has 0 saturated carbocycles. The number of nitrogens with zero attached hydrogens (tertiary/aromatic N) is 1. The summed E-state index contributed by atoms with van der Waals surface area (Å²) in [6, 6.07) is 10.7. The van der Waals surface area contributed by atoms with Gasteiger partial charge in [0, 0.05) is 12.1 Å². The first-order chi connectivity index (χ1) is 11.2. The van der Waals surface area contributed by atoms with Crippen LogP contribution in [0.3, 0.4) is 0 Å². The van der Waals surface area contributed by atoms with E-state index in [2.05, 4.69) is 22.5 Å². The highest BCUT2D eigenvalue weighted by atomic mass is 16.5. The Labute approximate surface area is 137 Å². The Kier molecular flexibility index (Phi) is 6.41. The number of benzene rings is 1. The van der Waals surface area contributed by atoms with Gasteiger partial charge in [-0.2, -0.15) is 0 Å². The van der Waals surface area contributed by atoms with Crippen LogP contribution in [0.1, 0.15) is 36.5 Å². The number of hydrogen-bond acceptors (Lipinski definition) is 4. The molecule has 122 valence electrons. The fourth-order valence-electron chi connectivity index (χ4n) is 2.13. The lowest BCUT2D eigenvalue weighted by Crippen LogP contribution is -2.13. The summed E-state index contributed by atoms with van der Waals surface area (Å²) in [7, 11) is 1.57. The molecule has 0 aliphatic carbocycles. The summed E-state index contributed by atoms with van der Waals surface area (Å²) < 4.78 is 5.12. The second-order valence-corrected chi connectivity index (χ2v) is 5.25. The molecular weight excluding hydrogens is 290 g/mol. The topological polar surface area (TPSA) is 63.2 Å². The minimum Gasteiger partial charge on any atom is -0.497 e. The van der Waals surface area contributed by atoms with E-state index in [0.29, 0.717) is 17.1 Å². The Hall–Kier alpha value is -2.56. The van der Waals surface area contributed by atoms with Gasteiger partial charge >= 0.3 is 0 Å². The van der Waals surface area contributed by atoms with Crippen LogP contribution in [0.2, 0.25) is 0 Å². The first kappa shape index (κ1) is 16.8. The molecule has 0 radical (unpaired) electrons. The monoisotopic (exact) mass is 313 g/mol. The van der Waals surface area contributed by atoms with Gasteiger partial charge in [-0.15, -0.1) is 0 Å². The largest absolute Gasteiger partial charge is 0.497 e. The number of unbranched alkanes of at least 4 members (excludes halogenated alkanes) is 2. The molecule has 5 nitrogen and oxygen atoms in total. The van der Waals surface area contributed by atoms with Gasteiger partial charge < -0.3 is 15.4 Å². The van der Waals surface area contributed by atoms with Crippen molar-refractivity contribution in [2.45, 2.75) is 26.2 Å². The van der Waals surface area contributed by atoms with E-state index in [4.69, 9.17) is 4.74 Å². The molecule has 2 aromatic rings. The fraction of sp³-hybridized carbons (Fsp3) is 0.333. The van der Waals surface area contributed by atoms with E-state index >= 15 is 0 Å². The molecule has 0 spiro atoms.